The lowest BCUT2D eigenvalue weighted by molar-refractivity contribution is 0.0385. The Morgan fingerprint density at radius 2 is 2.20 bits per heavy atom. The van der Waals surface area contributed by atoms with Crippen LogP contribution in [0.25, 0.3) is 0 Å². The van der Waals surface area contributed by atoms with E-state index in [4.69, 9.17) is 9.47 Å². The minimum Gasteiger partial charge on any atom is -0.349 e. The summed E-state index contributed by atoms with van der Waals surface area (Å²) in [6.07, 6.45) is 4.35. The quantitative estimate of drug-likeness (QED) is 0.558. The molecule has 0 aromatic rings. The van der Waals surface area contributed by atoms with Crippen molar-refractivity contribution in [2.45, 2.75) is 32.0 Å². The lowest BCUT2D eigenvalue weighted by atomic mass is 10.1. The topological polar surface area (TPSA) is 18.5 Å². The second kappa shape index (κ2) is 3.74. The zero-order valence-corrected chi connectivity index (χ0v) is 6.38. The van der Waals surface area contributed by atoms with Gasteiger partial charge in [0.1, 0.15) is 6.79 Å². The van der Waals surface area contributed by atoms with E-state index in [1.54, 1.807) is 0 Å². The average Bonchev–Trinajstić information content (AvgIpc) is 2.36. The number of hydrogen-bond acceptors (Lipinski definition) is 2. The molecule has 10 heavy (non-hydrogen) atoms. The summed E-state index contributed by atoms with van der Waals surface area (Å²) in [4.78, 5) is 0. The predicted octanol–water partition coefficient (Wildman–Crippen LogP) is 1.71. The van der Waals surface area contributed by atoms with Gasteiger partial charge >= 0.3 is 0 Å². The molecular formula is C8H14O2. The van der Waals surface area contributed by atoms with Gasteiger partial charge in [0.2, 0.25) is 0 Å². The number of hydrogen-bond donors (Lipinski definition) is 0. The molecule has 1 rings (SSSR count). The SMILES string of the molecule is C=CCC1OCOC1CC. The highest BCUT2D eigenvalue weighted by atomic mass is 16.7. The Hall–Kier alpha value is -0.340. The summed E-state index contributed by atoms with van der Waals surface area (Å²) in [5, 5.41) is 0. The molecule has 0 amide bonds. The molecule has 0 spiro atoms. The second-order valence-corrected chi connectivity index (χ2v) is 2.46. The Labute approximate surface area is 61.8 Å². The summed E-state index contributed by atoms with van der Waals surface area (Å²) >= 11 is 0. The molecule has 1 heterocycles. The summed E-state index contributed by atoms with van der Waals surface area (Å²) in [5.74, 6) is 0. The summed E-state index contributed by atoms with van der Waals surface area (Å²) in [5.41, 5.74) is 0. The van der Waals surface area contributed by atoms with Crippen LogP contribution < -0.4 is 0 Å². The minimum absolute atomic E-state index is 0.252. The Balaban J connectivity index is 2.34. The molecule has 0 saturated carbocycles. The van der Waals surface area contributed by atoms with Gasteiger partial charge in [-0.15, -0.1) is 6.58 Å². The van der Waals surface area contributed by atoms with E-state index in [-0.39, 0.29) is 12.2 Å². The molecule has 1 fully saturated rings. The molecule has 1 aliphatic heterocycles. The largest absolute Gasteiger partial charge is 0.349 e. The van der Waals surface area contributed by atoms with Gasteiger partial charge in [0.25, 0.3) is 0 Å². The molecule has 1 saturated heterocycles. The zero-order chi connectivity index (χ0) is 7.40. The van der Waals surface area contributed by atoms with Crippen molar-refractivity contribution in [2.24, 2.45) is 0 Å². The third kappa shape index (κ3) is 1.58. The highest BCUT2D eigenvalue weighted by Gasteiger charge is 2.25. The number of ether oxygens (including phenoxy) is 2. The smallest absolute Gasteiger partial charge is 0.147 e. The van der Waals surface area contributed by atoms with Gasteiger partial charge in [-0.1, -0.05) is 13.0 Å². The molecule has 2 nitrogen and oxygen atoms in total. The van der Waals surface area contributed by atoms with Crippen molar-refractivity contribution in [3.63, 3.8) is 0 Å². The molecule has 1 aliphatic rings. The van der Waals surface area contributed by atoms with E-state index < -0.39 is 0 Å². The Morgan fingerprint density at radius 3 is 2.80 bits per heavy atom. The normalized spacial score (nSPS) is 32.5. The van der Waals surface area contributed by atoms with Crippen molar-refractivity contribution in [2.75, 3.05) is 6.79 Å². The van der Waals surface area contributed by atoms with E-state index in [0.717, 1.165) is 12.8 Å². The summed E-state index contributed by atoms with van der Waals surface area (Å²) in [7, 11) is 0. The Morgan fingerprint density at radius 1 is 1.50 bits per heavy atom. The molecule has 2 heteroatoms. The van der Waals surface area contributed by atoms with Crippen LogP contribution in [-0.4, -0.2) is 19.0 Å². The van der Waals surface area contributed by atoms with Gasteiger partial charge in [-0.3, -0.25) is 0 Å². The fraction of sp³-hybridized carbons (Fsp3) is 0.750. The lowest BCUT2D eigenvalue weighted by Crippen LogP contribution is -2.20. The van der Waals surface area contributed by atoms with E-state index in [9.17, 15) is 0 Å². The van der Waals surface area contributed by atoms with E-state index in [2.05, 4.69) is 13.5 Å². The highest BCUT2D eigenvalue weighted by molar-refractivity contribution is 4.80. The van der Waals surface area contributed by atoms with Crippen LogP contribution >= 0.6 is 0 Å². The van der Waals surface area contributed by atoms with Gasteiger partial charge in [0.05, 0.1) is 12.2 Å². The maximum Gasteiger partial charge on any atom is 0.147 e. The predicted molar refractivity (Wildman–Crippen MR) is 39.7 cm³/mol. The Bertz CT molecular complexity index is 112. The van der Waals surface area contributed by atoms with Gasteiger partial charge in [-0.2, -0.15) is 0 Å². The van der Waals surface area contributed by atoms with Gasteiger partial charge in [0.15, 0.2) is 0 Å². The van der Waals surface area contributed by atoms with Crippen molar-refractivity contribution < 1.29 is 9.47 Å². The van der Waals surface area contributed by atoms with Crippen molar-refractivity contribution in [3.8, 4) is 0 Å². The van der Waals surface area contributed by atoms with E-state index in [1.165, 1.54) is 0 Å². The monoisotopic (exact) mass is 142 g/mol. The van der Waals surface area contributed by atoms with Crippen LogP contribution in [0.1, 0.15) is 19.8 Å². The summed E-state index contributed by atoms with van der Waals surface area (Å²) in [6, 6.07) is 0. The summed E-state index contributed by atoms with van der Waals surface area (Å²) in [6.45, 7) is 6.22. The molecule has 2 unspecified atom stereocenters. The maximum atomic E-state index is 5.30. The second-order valence-electron chi connectivity index (χ2n) is 2.46. The lowest BCUT2D eigenvalue weighted by Gasteiger charge is -2.11. The zero-order valence-electron chi connectivity index (χ0n) is 6.38. The first kappa shape index (κ1) is 7.76. The Kier molecular flexibility index (Phi) is 2.90. The molecule has 0 aromatic carbocycles. The summed E-state index contributed by atoms with van der Waals surface area (Å²) < 4.78 is 10.6. The van der Waals surface area contributed by atoms with Gasteiger partial charge in [-0.25, -0.2) is 0 Å². The van der Waals surface area contributed by atoms with Crippen molar-refractivity contribution >= 4 is 0 Å². The number of rotatable bonds is 3. The van der Waals surface area contributed by atoms with Crippen LogP contribution in [0.5, 0.6) is 0 Å². The molecule has 0 bridgehead atoms. The van der Waals surface area contributed by atoms with Crippen molar-refractivity contribution in [1.82, 2.24) is 0 Å². The molecule has 0 aliphatic carbocycles. The molecule has 0 radical (unpaired) electrons. The standard InChI is InChI=1S/C8H14O2/c1-3-5-8-7(4-2)9-6-10-8/h3,7-8H,1,4-6H2,2H3. The minimum atomic E-state index is 0.252. The highest BCUT2D eigenvalue weighted by Crippen LogP contribution is 2.18. The van der Waals surface area contributed by atoms with Gasteiger partial charge in [-0.05, 0) is 12.8 Å². The molecule has 0 aromatic heterocycles. The van der Waals surface area contributed by atoms with Crippen LogP contribution in [0.2, 0.25) is 0 Å². The van der Waals surface area contributed by atoms with Crippen LogP contribution in [0.4, 0.5) is 0 Å². The molecule has 0 N–H and O–H groups in total. The van der Waals surface area contributed by atoms with Crippen LogP contribution in [-0.2, 0) is 9.47 Å². The van der Waals surface area contributed by atoms with Gasteiger partial charge < -0.3 is 9.47 Å². The van der Waals surface area contributed by atoms with Gasteiger partial charge in [0, 0.05) is 0 Å². The van der Waals surface area contributed by atoms with E-state index in [1.807, 2.05) is 6.08 Å². The van der Waals surface area contributed by atoms with Crippen LogP contribution in [0.15, 0.2) is 12.7 Å². The van der Waals surface area contributed by atoms with Crippen LogP contribution in [0.3, 0.4) is 0 Å². The third-order valence-corrected chi connectivity index (χ3v) is 1.78. The third-order valence-electron chi connectivity index (χ3n) is 1.78. The molecule has 2 atom stereocenters. The fourth-order valence-corrected chi connectivity index (χ4v) is 1.19. The van der Waals surface area contributed by atoms with E-state index >= 15 is 0 Å². The van der Waals surface area contributed by atoms with E-state index in [0.29, 0.717) is 6.79 Å². The van der Waals surface area contributed by atoms with Crippen molar-refractivity contribution in [3.05, 3.63) is 12.7 Å². The first-order chi connectivity index (χ1) is 4.88. The average molecular weight is 142 g/mol. The van der Waals surface area contributed by atoms with Crippen molar-refractivity contribution in [1.29, 1.82) is 0 Å². The maximum absolute atomic E-state index is 5.30. The first-order valence-electron chi connectivity index (χ1n) is 3.72. The molecule has 58 valence electrons. The van der Waals surface area contributed by atoms with Crippen LogP contribution in [0, 0.1) is 0 Å². The first-order valence-corrected chi connectivity index (χ1v) is 3.72. The fourth-order valence-electron chi connectivity index (χ4n) is 1.19. The molecular weight excluding hydrogens is 128 g/mol.